The summed E-state index contributed by atoms with van der Waals surface area (Å²) in [5, 5.41) is 3.10. The van der Waals surface area contributed by atoms with E-state index >= 15 is 0 Å². The maximum atomic E-state index is 6.00. The maximum absolute atomic E-state index is 6.00. The minimum Gasteiger partial charge on any atom is -0.383 e. The average molecular weight is 238 g/mol. The fraction of sp³-hybridized carbons (Fsp3) is 0.636. The van der Waals surface area contributed by atoms with Crippen molar-refractivity contribution in [1.82, 2.24) is 15.3 Å². The molecular formula is C11H18N4S. The minimum atomic E-state index is 0.693. The number of aromatic nitrogens is 2. The Morgan fingerprint density at radius 1 is 1.31 bits per heavy atom. The standard InChI is InChI=1S/C11H18N4S/c1-13-5-2-10-14-9-4-7-16-6-3-8(9)11(12)15-10/h13H,2-7H2,1H3,(H2,12,14,15). The number of nitrogens with zero attached hydrogens (tertiary/aromatic N) is 2. The summed E-state index contributed by atoms with van der Waals surface area (Å²) in [5.74, 6) is 3.85. The van der Waals surface area contributed by atoms with E-state index < -0.39 is 0 Å². The molecule has 0 atom stereocenters. The second kappa shape index (κ2) is 5.50. The van der Waals surface area contributed by atoms with Crippen molar-refractivity contribution in [3.8, 4) is 0 Å². The number of nitrogens with two attached hydrogens (primary N) is 1. The number of rotatable bonds is 3. The number of thioether (sulfide) groups is 1. The van der Waals surface area contributed by atoms with Crippen LogP contribution in [0.15, 0.2) is 0 Å². The molecule has 0 spiro atoms. The highest BCUT2D eigenvalue weighted by atomic mass is 32.2. The Bertz CT molecular complexity index is 367. The lowest BCUT2D eigenvalue weighted by molar-refractivity contribution is 0.746. The Kier molecular flexibility index (Phi) is 4.01. The molecule has 1 aromatic heterocycles. The van der Waals surface area contributed by atoms with Crippen molar-refractivity contribution in [2.24, 2.45) is 0 Å². The number of hydrogen-bond donors (Lipinski definition) is 2. The fourth-order valence-electron chi connectivity index (χ4n) is 1.88. The molecule has 1 aliphatic rings. The normalized spacial score (nSPS) is 15.6. The van der Waals surface area contributed by atoms with Gasteiger partial charge in [0.25, 0.3) is 0 Å². The van der Waals surface area contributed by atoms with Gasteiger partial charge in [0, 0.05) is 18.5 Å². The van der Waals surface area contributed by atoms with Crippen LogP contribution < -0.4 is 11.1 Å². The first-order valence-corrected chi connectivity index (χ1v) is 6.83. The SMILES string of the molecule is CNCCc1nc(N)c2c(n1)CCSCC2. The van der Waals surface area contributed by atoms with Gasteiger partial charge in [-0.2, -0.15) is 11.8 Å². The minimum absolute atomic E-state index is 0.693. The number of hydrogen-bond acceptors (Lipinski definition) is 5. The van der Waals surface area contributed by atoms with Crippen molar-refractivity contribution >= 4 is 17.6 Å². The Morgan fingerprint density at radius 3 is 2.94 bits per heavy atom. The Labute approximate surface area is 100 Å². The number of anilines is 1. The van der Waals surface area contributed by atoms with E-state index in [0.29, 0.717) is 5.82 Å². The average Bonchev–Trinajstić information content (AvgIpc) is 2.51. The first-order chi connectivity index (χ1) is 7.81. The molecule has 0 saturated carbocycles. The maximum Gasteiger partial charge on any atom is 0.132 e. The van der Waals surface area contributed by atoms with Gasteiger partial charge in [-0.05, 0) is 31.4 Å². The Balaban J connectivity index is 2.24. The van der Waals surface area contributed by atoms with Crippen molar-refractivity contribution < 1.29 is 0 Å². The molecule has 4 nitrogen and oxygen atoms in total. The monoisotopic (exact) mass is 238 g/mol. The number of likely N-dealkylation sites (N-methyl/N-ethyl adjacent to an activating group) is 1. The van der Waals surface area contributed by atoms with Gasteiger partial charge >= 0.3 is 0 Å². The van der Waals surface area contributed by atoms with Gasteiger partial charge in [0.1, 0.15) is 11.6 Å². The molecule has 5 heteroatoms. The van der Waals surface area contributed by atoms with Gasteiger partial charge < -0.3 is 11.1 Å². The van der Waals surface area contributed by atoms with Gasteiger partial charge in [-0.1, -0.05) is 0 Å². The lowest BCUT2D eigenvalue weighted by Gasteiger charge is -2.09. The van der Waals surface area contributed by atoms with E-state index in [1.165, 1.54) is 11.3 Å². The summed E-state index contributed by atoms with van der Waals surface area (Å²) in [7, 11) is 1.93. The van der Waals surface area contributed by atoms with E-state index in [9.17, 15) is 0 Å². The molecule has 0 saturated heterocycles. The summed E-state index contributed by atoms with van der Waals surface area (Å²) in [6.45, 7) is 0.896. The second-order valence-electron chi connectivity index (χ2n) is 3.92. The van der Waals surface area contributed by atoms with Crippen LogP contribution in [-0.2, 0) is 19.3 Å². The van der Waals surface area contributed by atoms with Gasteiger partial charge in [-0.3, -0.25) is 0 Å². The first-order valence-electron chi connectivity index (χ1n) is 5.67. The molecule has 1 aromatic rings. The molecule has 0 bridgehead atoms. The van der Waals surface area contributed by atoms with E-state index in [0.717, 1.165) is 43.1 Å². The third kappa shape index (κ3) is 2.65. The highest BCUT2D eigenvalue weighted by Crippen LogP contribution is 2.22. The summed E-state index contributed by atoms with van der Waals surface area (Å²) in [6.07, 6.45) is 2.89. The van der Waals surface area contributed by atoms with E-state index in [1.54, 1.807) is 0 Å². The first kappa shape index (κ1) is 11.7. The molecule has 0 radical (unpaired) electrons. The highest BCUT2D eigenvalue weighted by Gasteiger charge is 2.14. The zero-order valence-corrected chi connectivity index (χ0v) is 10.4. The van der Waals surface area contributed by atoms with Gasteiger partial charge in [-0.25, -0.2) is 9.97 Å². The second-order valence-corrected chi connectivity index (χ2v) is 5.14. The van der Waals surface area contributed by atoms with Crippen LogP contribution in [0.3, 0.4) is 0 Å². The number of aryl methyl sites for hydroxylation is 1. The quantitative estimate of drug-likeness (QED) is 0.809. The topological polar surface area (TPSA) is 63.8 Å². The van der Waals surface area contributed by atoms with Crippen LogP contribution in [0.2, 0.25) is 0 Å². The molecule has 2 heterocycles. The summed E-state index contributed by atoms with van der Waals surface area (Å²) in [6, 6.07) is 0. The highest BCUT2D eigenvalue weighted by molar-refractivity contribution is 7.99. The van der Waals surface area contributed by atoms with Crippen LogP contribution in [0.25, 0.3) is 0 Å². The molecule has 0 aromatic carbocycles. The molecule has 0 unspecified atom stereocenters. The van der Waals surface area contributed by atoms with Crippen molar-refractivity contribution in [2.75, 3.05) is 30.8 Å². The smallest absolute Gasteiger partial charge is 0.132 e. The van der Waals surface area contributed by atoms with Gasteiger partial charge in [-0.15, -0.1) is 0 Å². The van der Waals surface area contributed by atoms with Gasteiger partial charge in [0.05, 0.1) is 5.69 Å². The molecular weight excluding hydrogens is 220 g/mol. The lowest BCUT2D eigenvalue weighted by Crippen LogP contribution is -2.15. The molecule has 1 aliphatic heterocycles. The fourth-order valence-corrected chi connectivity index (χ4v) is 2.77. The number of fused-ring (bicyclic) bond motifs is 1. The van der Waals surface area contributed by atoms with Crippen molar-refractivity contribution in [3.05, 3.63) is 17.1 Å². The molecule has 0 fully saturated rings. The van der Waals surface area contributed by atoms with E-state index in [4.69, 9.17) is 5.73 Å². The van der Waals surface area contributed by atoms with Crippen LogP contribution >= 0.6 is 11.8 Å². The van der Waals surface area contributed by atoms with Gasteiger partial charge in [0.15, 0.2) is 0 Å². The lowest BCUT2D eigenvalue weighted by atomic mass is 10.1. The third-order valence-corrected chi connectivity index (χ3v) is 3.73. The summed E-state index contributed by atoms with van der Waals surface area (Å²) in [4.78, 5) is 9.01. The summed E-state index contributed by atoms with van der Waals surface area (Å²) in [5.41, 5.74) is 8.35. The summed E-state index contributed by atoms with van der Waals surface area (Å²) >= 11 is 1.97. The zero-order chi connectivity index (χ0) is 11.4. The molecule has 3 N–H and O–H groups in total. The number of nitrogen functional groups attached to an aromatic ring is 1. The largest absolute Gasteiger partial charge is 0.383 e. The van der Waals surface area contributed by atoms with E-state index in [-0.39, 0.29) is 0 Å². The number of nitrogens with one attached hydrogen (secondary N) is 1. The Hall–Kier alpha value is -0.810. The van der Waals surface area contributed by atoms with Crippen LogP contribution in [0, 0.1) is 0 Å². The molecule has 0 aliphatic carbocycles. The molecule has 16 heavy (non-hydrogen) atoms. The van der Waals surface area contributed by atoms with E-state index in [2.05, 4.69) is 15.3 Å². The third-order valence-electron chi connectivity index (χ3n) is 2.75. The van der Waals surface area contributed by atoms with Crippen molar-refractivity contribution in [3.63, 3.8) is 0 Å². The Morgan fingerprint density at radius 2 is 2.12 bits per heavy atom. The van der Waals surface area contributed by atoms with E-state index in [1.807, 2.05) is 18.8 Å². The van der Waals surface area contributed by atoms with Crippen LogP contribution in [0.5, 0.6) is 0 Å². The van der Waals surface area contributed by atoms with Crippen molar-refractivity contribution in [2.45, 2.75) is 19.3 Å². The molecule has 88 valence electrons. The predicted octanol–water partition coefficient (Wildman–Crippen LogP) is 0.652. The van der Waals surface area contributed by atoms with Gasteiger partial charge in [0.2, 0.25) is 0 Å². The predicted molar refractivity (Wildman–Crippen MR) is 68.8 cm³/mol. The van der Waals surface area contributed by atoms with Crippen molar-refractivity contribution in [1.29, 1.82) is 0 Å². The van der Waals surface area contributed by atoms with Crippen LogP contribution in [-0.4, -0.2) is 35.1 Å². The zero-order valence-electron chi connectivity index (χ0n) is 9.62. The molecule has 2 rings (SSSR count). The molecule has 0 amide bonds. The summed E-state index contributed by atoms with van der Waals surface area (Å²) < 4.78 is 0. The van der Waals surface area contributed by atoms with Crippen LogP contribution in [0.1, 0.15) is 17.1 Å². The van der Waals surface area contributed by atoms with Crippen LogP contribution in [0.4, 0.5) is 5.82 Å².